The molecule has 0 amide bonds. The van der Waals surface area contributed by atoms with Crippen LogP contribution < -0.4 is 14.8 Å². The van der Waals surface area contributed by atoms with Crippen molar-refractivity contribution in [3.63, 3.8) is 0 Å². The molecule has 0 saturated carbocycles. The van der Waals surface area contributed by atoms with Gasteiger partial charge in [-0.2, -0.15) is 9.97 Å². The number of terminal acetylenes is 1. The molecule has 2 N–H and O–H groups in total. The second-order valence-electron chi connectivity index (χ2n) is 10.6. The van der Waals surface area contributed by atoms with E-state index in [2.05, 4.69) is 20.3 Å². The van der Waals surface area contributed by atoms with Crippen molar-refractivity contribution < 1.29 is 32.5 Å². The maximum atomic E-state index is 16.1. The number of methoxy groups -OCH3 is 1. The fraction of sp³-hybridized carbons (Fsp3) is 0.265. The van der Waals surface area contributed by atoms with E-state index >= 15 is 8.78 Å². The molecule has 0 bridgehead atoms. The molecule has 5 aromatic rings. The molecule has 1 fully saturated rings. The molecule has 9 nitrogen and oxygen atoms in total. The smallest absolute Gasteiger partial charge is 0.270 e. The molecule has 236 valence electrons. The number of benzene rings is 3. The number of aliphatic hydroxyl groups excluding tert-OH is 1. The van der Waals surface area contributed by atoms with Crippen molar-refractivity contribution in [2.24, 2.45) is 0 Å². The lowest BCUT2D eigenvalue weighted by molar-refractivity contribution is -0.194. The van der Waals surface area contributed by atoms with Gasteiger partial charge in [-0.05, 0) is 35.7 Å². The number of nitrogens with one attached hydrogen (secondary N) is 1. The second kappa shape index (κ2) is 12.0. The van der Waals surface area contributed by atoms with Gasteiger partial charge in [0.1, 0.15) is 11.3 Å². The summed E-state index contributed by atoms with van der Waals surface area (Å²) in [5, 5.41) is 13.9. The minimum absolute atomic E-state index is 0.0157. The number of fused-ring (bicyclic) bond motifs is 1. The van der Waals surface area contributed by atoms with Crippen molar-refractivity contribution in [1.29, 1.82) is 0 Å². The molecule has 3 heterocycles. The minimum atomic E-state index is -3.40. The lowest BCUT2D eigenvalue weighted by Crippen LogP contribution is -2.46. The lowest BCUT2D eigenvalue weighted by atomic mass is 9.77. The molecule has 12 heteroatoms. The van der Waals surface area contributed by atoms with E-state index < -0.39 is 36.1 Å². The van der Waals surface area contributed by atoms with Gasteiger partial charge in [-0.25, -0.2) is 18.2 Å². The largest absolute Gasteiger partial charge is 0.497 e. The fourth-order valence-electron chi connectivity index (χ4n) is 5.76. The first-order valence-electron chi connectivity index (χ1n) is 14.4. The number of aliphatic hydroxyl groups is 1. The Labute approximate surface area is 263 Å². The van der Waals surface area contributed by atoms with Gasteiger partial charge in [0.05, 0.1) is 20.0 Å². The molecule has 0 radical (unpaired) electrons. The standard InChI is InChI=1S/C34H30F3N5O4/c1-4-32(36)29(43)33(37,20-35)46-30(32)42-21-38-26-27(42)39-31(40-28(26)45-5-2)41-34(22-12-8-6-9-13-22,23-14-10-7-11-15-23)24-16-18-25(44-3)19-17-24/h1,6-19,21,29-30,43H,5,20H2,2-3H3,(H,39,40,41)/t29-,30+,32+,33+/m0/s1. The maximum absolute atomic E-state index is 16.1. The van der Waals surface area contributed by atoms with Gasteiger partial charge in [0.15, 0.2) is 30.2 Å². The van der Waals surface area contributed by atoms with Gasteiger partial charge in [0, 0.05) is 0 Å². The summed E-state index contributed by atoms with van der Waals surface area (Å²) in [7, 11) is 1.58. The molecule has 2 aromatic heterocycles. The zero-order valence-corrected chi connectivity index (χ0v) is 24.9. The number of anilines is 1. The van der Waals surface area contributed by atoms with E-state index in [0.717, 1.165) is 27.6 Å². The van der Waals surface area contributed by atoms with Gasteiger partial charge < -0.3 is 24.6 Å². The van der Waals surface area contributed by atoms with Crippen molar-refractivity contribution in [1.82, 2.24) is 19.5 Å². The third-order valence-corrected chi connectivity index (χ3v) is 8.04. The van der Waals surface area contributed by atoms with Crippen molar-refractivity contribution in [2.45, 2.75) is 36.3 Å². The highest BCUT2D eigenvalue weighted by atomic mass is 19.2. The quantitative estimate of drug-likeness (QED) is 0.154. The molecule has 46 heavy (non-hydrogen) atoms. The zero-order valence-electron chi connectivity index (χ0n) is 24.9. The summed E-state index contributed by atoms with van der Waals surface area (Å²) in [6.07, 6.45) is 1.87. The zero-order chi connectivity index (χ0) is 32.5. The van der Waals surface area contributed by atoms with Crippen LogP contribution in [0.15, 0.2) is 91.3 Å². The highest BCUT2D eigenvalue weighted by Crippen LogP contribution is 2.49. The summed E-state index contributed by atoms with van der Waals surface area (Å²) in [5.41, 5.74) is -1.82. The number of hydrogen-bond acceptors (Lipinski definition) is 8. The molecular weight excluding hydrogens is 599 g/mol. The Hall–Kier alpha value is -5.12. The normalized spacial score (nSPS) is 22.8. The van der Waals surface area contributed by atoms with Crippen LogP contribution in [0.2, 0.25) is 0 Å². The van der Waals surface area contributed by atoms with E-state index in [4.69, 9.17) is 20.6 Å². The summed E-state index contributed by atoms with van der Waals surface area (Å²) in [5.74, 6) is -0.954. The van der Waals surface area contributed by atoms with Crippen molar-refractivity contribution >= 4 is 17.1 Å². The predicted molar refractivity (Wildman–Crippen MR) is 164 cm³/mol. The maximum Gasteiger partial charge on any atom is 0.270 e. The monoisotopic (exact) mass is 629 g/mol. The van der Waals surface area contributed by atoms with E-state index in [1.807, 2.05) is 84.9 Å². The second-order valence-corrected chi connectivity index (χ2v) is 10.6. The molecule has 0 spiro atoms. The first-order chi connectivity index (χ1) is 22.2. The van der Waals surface area contributed by atoms with Gasteiger partial charge in [-0.15, -0.1) is 6.42 Å². The van der Waals surface area contributed by atoms with Crippen LogP contribution in [0.3, 0.4) is 0 Å². The van der Waals surface area contributed by atoms with Crippen LogP contribution in [-0.2, 0) is 10.3 Å². The van der Waals surface area contributed by atoms with E-state index in [1.165, 1.54) is 0 Å². The number of alkyl halides is 3. The van der Waals surface area contributed by atoms with Crippen LogP contribution in [0, 0.1) is 12.3 Å². The van der Waals surface area contributed by atoms with Crippen LogP contribution in [0.5, 0.6) is 11.6 Å². The Morgan fingerprint density at radius 3 is 2.15 bits per heavy atom. The topological polar surface area (TPSA) is 104 Å². The molecule has 1 saturated heterocycles. The SMILES string of the molecule is C#C[C@]1(F)[C@H](n2cnc3c(OCC)nc(NC(c4ccccc4)(c4ccccc4)c4ccc(OC)cc4)nc32)O[C@](F)(CF)[C@H]1O. The molecule has 4 atom stereocenters. The summed E-state index contributed by atoms with van der Waals surface area (Å²) in [6, 6.07) is 26.7. The number of nitrogens with zero attached hydrogens (tertiary/aromatic N) is 4. The van der Waals surface area contributed by atoms with Gasteiger partial charge >= 0.3 is 0 Å². The molecule has 1 aliphatic heterocycles. The molecule has 3 aromatic carbocycles. The van der Waals surface area contributed by atoms with Crippen molar-refractivity contribution in [2.75, 3.05) is 25.7 Å². The van der Waals surface area contributed by atoms with Crippen LogP contribution in [-0.4, -0.2) is 62.6 Å². The average molecular weight is 630 g/mol. The Bertz CT molecular complexity index is 1830. The summed E-state index contributed by atoms with van der Waals surface area (Å²) in [6.45, 7) is 0.0910. The number of ether oxygens (including phenoxy) is 3. The van der Waals surface area contributed by atoms with Gasteiger partial charge in [0.2, 0.25) is 17.5 Å². The number of rotatable bonds is 10. The molecule has 1 aliphatic rings. The highest BCUT2D eigenvalue weighted by Gasteiger charge is 2.66. The third kappa shape index (κ3) is 4.88. The van der Waals surface area contributed by atoms with Gasteiger partial charge in [-0.3, -0.25) is 4.57 Å². The number of imidazole rings is 1. The van der Waals surface area contributed by atoms with Crippen LogP contribution >= 0.6 is 0 Å². The van der Waals surface area contributed by atoms with Crippen LogP contribution in [0.4, 0.5) is 19.1 Å². The van der Waals surface area contributed by atoms with Crippen molar-refractivity contribution in [3.05, 3.63) is 108 Å². The minimum Gasteiger partial charge on any atom is -0.497 e. The van der Waals surface area contributed by atoms with Crippen LogP contribution in [0.1, 0.15) is 29.8 Å². The van der Waals surface area contributed by atoms with E-state index in [9.17, 15) is 9.50 Å². The summed E-state index contributed by atoms with van der Waals surface area (Å²) < 4.78 is 62.3. The predicted octanol–water partition coefficient (Wildman–Crippen LogP) is 5.50. The Kier molecular flexibility index (Phi) is 8.06. The Morgan fingerprint density at radius 2 is 1.61 bits per heavy atom. The first-order valence-corrected chi connectivity index (χ1v) is 14.4. The summed E-state index contributed by atoms with van der Waals surface area (Å²) >= 11 is 0. The van der Waals surface area contributed by atoms with E-state index in [0.29, 0.717) is 5.75 Å². The van der Waals surface area contributed by atoms with E-state index in [1.54, 1.807) is 20.0 Å². The van der Waals surface area contributed by atoms with Gasteiger partial charge in [-0.1, -0.05) is 78.7 Å². The van der Waals surface area contributed by atoms with Crippen LogP contribution in [0.25, 0.3) is 11.2 Å². The first kappa shape index (κ1) is 30.9. The molecular formula is C34H30F3N5O4. The summed E-state index contributed by atoms with van der Waals surface area (Å²) in [4.78, 5) is 13.6. The Balaban J connectivity index is 1.59. The van der Waals surface area contributed by atoms with Gasteiger partial charge in [0.25, 0.3) is 5.85 Å². The molecule has 0 aliphatic carbocycles. The molecule has 6 rings (SSSR count). The van der Waals surface area contributed by atoms with E-state index in [-0.39, 0.29) is 29.6 Å². The average Bonchev–Trinajstić information content (AvgIpc) is 3.61. The fourth-order valence-corrected chi connectivity index (χ4v) is 5.76. The third-order valence-electron chi connectivity index (χ3n) is 8.04. The number of hydrogen-bond donors (Lipinski definition) is 2. The number of halogens is 3. The lowest BCUT2D eigenvalue weighted by Gasteiger charge is -2.37. The molecule has 0 unspecified atom stereocenters. The Morgan fingerprint density at radius 1 is 1.00 bits per heavy atom. The van der Waals surface area contributed by atoms with Crippen molar-refractivity contribution in [3.8, 4) is 24.0 Å². The number of aromatic nitrogens is 4. The highest BCUT2D eigenvalue weighted by molar-refractivity contribution is 5.78.